The van der Waals surface area contributed by atoms with Crippen LogP contribution in [-0.4, -0.2) is 85.9 Å². The molecule has 3 aromatic rings. The summed E-state index contributed by atoms with van der Waals surface area (Å²) in [7, 11) is 0. The Labute approximate surface area is 208 Å². The standard InChI is InChI=1S/C22H25AsClN6O2S/c1-14-4-3-5-16(24)20(14)28-21(32)17-13-25-22(33-17)23-18-12-19(27-15(2)26-18)30-8-6-29(7-9-30)10-11-31/h3-5,12-13,31H,6-11H2,1-2H3,(H,28,32). The van der Waals surface area contributed by atoms with Crippen LogP contribution >= 0.6 is 22.9 Å². The fourth-order valence-electron chi connectivity index (χ4n) is 3.58. The summed E-state index contributed by atoms with van der Waals surface area (Å²) in [6.07, 6.45) is 1.62. The van der Waals surface area contributed by atoms with Crippen LogP contribution in [0, 0.1) is 13.8 Å². The van der Waals surface area contributed by atoms with Crippen molar-refractivity contribution in [1.82, 2.24) is 19.9 Å². The van der Waals surface area contributed by atoms with E-state index in [0.29, 0.717) is 22.1 Å². The van der Waals surface area contributed by atoms with Gasteiger partial charge in [-0.1, -0.05) is 0 Å². The zero-order valence-corrected chi connectivity index (χ0v) is 21.9. The monoisotopic (exact) mass is 547 g/mol. The molecule has 0 bridgehead atoms. The summed E-state index contributed by atoms with van der Waals surface area (Å²) in [5.74, 6) is 1.45. The van der Waals surface area contributed by atoms with E-state index in [9.17, 15) is 4.79 Å². The number of para-hydroxylation sites is 1. The fourth-order valence-corrected chi connectivity index (χ4v) is 7.28. The number of anilines is 2. The predicted octanol–water partition coefficient (Wildman–Crippen LogP) is 1.22. The molecule has 11 heteroatoms. The molecule has 173 valence electrons. The molecule has 2 N–H and O–H groups in total. The Bertz CT molecular complexity index is 1120. The van der Waals surface area contributed by atoms with Crippen LogP contribution < -0.4 is 18.5 Å². The first-order valence-corrected chi connectivity index (χ1v) is 13.7. The average Bonchev–Trinajstić information content (AvgIpc) is 3.25. The van der Waals surface area contributed by atoms with Gasteiger partial charge in [0, 0.05) is 0 Å². The molecule has 4 rings (SSSR count). The Morgan fingerprint density at radius 1 is 1.24 bits per heavy atom. The predicted molar refractivity (Wildman–Crippen MR) is 134 cm³/mol. The number of aromatic nitrogens is 3. The summed E-state index contributed by atoms with van der Waals surface area (Å²) in [5.41, 5.74) is 1.54. The van der Waals surface area contributed by atoms with Crippen molar-refractivity contribution in [3.8, 4) is 0 Å². The van der Waals surface area contributed by atoms with Gasteiger partial charge in [-0.3, -0.25) is 0 Å². The number of thiazole rings is 1. The van der Waals surface area contributed by atoms with E-state index in [1.54, 1.807) is 12.3 Å². The van der Waals surface area contributed by atoms with E-state index in [4.69, 9.17) is 16.7 Å². The van der Waals surface area contributed by atoms with Crippen molar-refractivity contribution in [2.75, 3.05) is 49.5 Å². The number of hydrogen-bond acceptors (Lipinski definition) is 8. The van der Waals surface area contributed by atoms with Gasteiger partial charge in [0.15, 0.2) is 0 Å². The molecule has 0 aliphatic carbocycles. The van der Waals surface area contributed by atoms with Gasteiger partial charge in [0.1, 0.15) is 0 Å². The first kappa shape index (κ1) is 24.1. The topological polar surface area (TPSA) is 94.5 Å². The van der Waals surface area contributed by atoms with E-state index in [1.165, 1.54) is 11.3 Å². The maximum absolute atomic E-state index is 12.7. The molecule has 0 spiro atoms. The molecule has 1 aromatic carbocycles. The van der Waals surface area contributed by atoms with Crippen LogP contribution in [0.3, 0.4) is 0 Å². The molecule has 0 unspecified atom stereocenters. The minimum atomic E-state index is -0.467. The zero-order valence-electron chi connectivity index (χ0n) is 18.5. The molecule has 33 heavy (non-hydrogen) atoms. The van der Waals surface area contributed by atoms with Crippen LogP contribution in [0.2, 0.25) is 5.02 Å². The van der Waals surface area contributed by atoms with Crippen LogP contribution in [0.15, 0.2) is 30.5 Å². The van der Waals surface area contributed by atoms with Gasteiger partial charge in [0.25, 0.3) is 0 Å². The molecular formula is C22H25AsClN6O2S. The average molecular weight is 548 g/mol. The molecule has 1 aliphatic rings. The van der Waals surface area contributed by atoms with E-state index in [0.717, 1.165) is 51.7 Å². The quantitative estimate of drug-likeness (QED) is 0.430. The number of carbonyl (C=O) groups is 1. The van der Waals surface area contributed by atoms with Crippen LogP contribution in [-0.2, 0) is 0 Å². The third kappa shape index (κ3) is 6.10. The van der Waals surface area contributed by atoms with Crippen molar-refractivity contribution >= 4 is 64.4 Å². The molecule has 0 atom stereocenters. The van der Waals surface area contributed by atoms with Gasteiger partial charge >= 0.3 is 209 Å². The van der Waals surface area contributed by atoms with Gasteiger partial charge in [-0.05, 0) is 0 Å². The fraction of sp³-hybridized carbons (Fsp3) is 0.364. The van der Waals surface area contributed by atoms with E-state index in [2.05, 4.69) is 30.1 Å². The number of amides is 1. The maximum atomic E-state index is 12.7. The number of rotatable bonds is 7. The molecular weight excluding hydrogens is 523 g/mol. The zero-order chi connectivity index (χ0) is 23.4. The summed E-state index contributed by atoms with van der Waals surface area (Å²) in [4.78, 5) is 31.5. The normalized spacial score (nSPS) is 14.8. The number of nitrogens with one attached hydrogen (secondary N) is 1. The Balaban J connectivity index is 1.43. The Morgan fingerprint density at radius 3 is 2.76 bits per heavy atom. The van der Waals surface area contributed by atoms with Gasteiger partial charge in [0.2, 0.25) is 0 Å². The number of hydrogen-bond donors (Lipinski definition) is 2. The summed E-state index contributed by atoms with van der Waals surface area (Å²) >= 11 is 7.16. The summed E-state index contributed by atoms with van der Waals surface area (Å²) in [5, 5.41) is 12.6. The summed E-state index contributed by atoms with van der Waals surface area (Å²) in [6, 6.07) is 7.57. The van der Waals surface area contributed by atoms with Crippen molar-refractivity contribution in [1.29, 1.82) is 0 Å². The Hall–Kier alpha value is -2.03. The van der Waals surface area contributed by atoms with Gasteiger partial charge in [0.05, 0.1) is 0 Å². The number of aliphatic hydroxyl groups is 1. The van der Waals surface area contributed by atoms with Crippen molar-refractivity contribution in [3.63, 3.8) is 0 Å². The third-order valence-electron chi connectivity index (χ3n) is 5.31. The molecule has 1 fully saturated rings. The SMILES string of the molecule is Cc1nc([As]c2ncc(C(=O)Nc3c(C)cccc3Cl)s2)cc(N2CCN(CCO)CC2)n1. The molecule has 1 aliphatic heterocycles. The Morgan fingerprint density at radius 2 is 2.03 bits per heavy atom. The van der Waals surface area contributed by atoms with Crippen molar-refractivity contribution in [3.05, 3.63) is 51.7 Å². The molecule has 2 aromatic heterocycles. The van der Waals surface area contributed by atoms with Crippen LogP contribution in [0.4, 0.5) is 11.5 Å². The number of β-amino-alcohol motifs (C(OH)–C–C–N with tert-alkyl or cyclic N) is 1. The van der Waals surface area contributed by atoms with Crippen LogP contribution in [0.5, 0.6) is 0 Å². The first-order valence-electron chi connectivity index (χ1n) is 10.6. The van der Waals surface area contributed by atoms with Gasteiger partial charge < -0.3 is 0 Å². The molecule has 1 amide bonds. The third-order valence-corrected chi connectivity index (χ3v) is 9.08. The first-order chi connectivity index (χ1) is 15.9. The van der Waals surface area contributed by atoms with Gasteiger partial charge in [-0.25, -0.2) is 0 Å². The van der Waals surface area contributed by atoms with Crippen LogP contribution in [0.1, 0.15) is 21.1 Å². The van der Waals surface area contributed by atoms with E-state index < -0.39 is 15.8 Å². The number of piperazine rings is 1. The van der Waals surface area contributed by atoms with E-state index in [1.807, 2.05) is 32.0 Å². The number of carbonyl (C=O) groups excluding carboxylic acids is 1. The van der Waals surface area contributed by atoms with Crippen molar-refractivity contribution in [2.24, 2.45) is 0 Å². The number of nitrogens with zero attached hydrogens (tertiary/aromatic N) is 5. The number of benzene rings is 1. The molecule has 8 nitrogen and oxygen atoms in total. The van der Waals surface area contributed by atoms with Gasteiger partial charge in [-0.15, -0.1) is 0 Å². The molecule has 3 heterocycles. The minimum absolute atomic E-state index is 0.187. The van der Waals surface area contributed by atoms with E-state index >= 15 is 0 Å². The van der Waals surface area contributed by atoms with Crippen LogP contribution in [0.25, 0.3) is 0 Å². The second kappa shape index (κ2) is 10.9. The summed E-state index contributed by atoms with van der Waals surface area (Å²) in [6.45, 7) is 8.26. The second-order valence-electron chi connectivity index (χ2n) is 7.69. The number of halogens is 1. The number of aliphatic hydroxyl groups excluding tert-OH is 1. The number of aryl methyl sites for hydroxylation is 2. The second-order valence-corrected chi connectivity index (χ2v) is 12.1. The van der Waals surface area contributed by atoms with E-state index in [-0.39, 0.29) is 12.5 Å². The molecule has 0 saturated carbocycles. The van der Waals surface area contributed by atoms with Crippen molar-refractivity contribution < 1.29 is 9.90 Å². The Kier molecular flexibility index (Phi) is 7.98. The van der Waals surface area contributed by atoms with Gasteiger partial charge in [-0.2, -0.15) is 0 Å². The molecule has 1 radical (unpaired) electrons. The molecule has 1 saturated heterocycles. The summed E-state index contributed by atoms with van der Waals surface area (Å²) < 4.78 is 1.87. The van der Waals surface area contributed by atoms with Crippen molar-refractivity contribution in [2.45, 2.75) is 13.8 Å².